The van der Waals surface area contributed by atoms with Crippen molar-refractivity contribution in [1.82, 2.24) is 5.32 Å². The molecule has 39 heavy (non-hydrogen) atoms. The average Bonchev–Trinajstić information content (AvgIpc) is 3.00. The summed E-state index contributed by atoms with van der Waals surface area (Å²) in [4.78, 5) is 27.6. The van der Waals surface area contributed by atoms with Crippen LogP contribution in [0.3, 0.4) is 0 Å². The van der Waals surface area contributed by atoms with Crippen molar-refractivity contribution in [1.29, 1.82) is 0 Å². The van der Waals surface area contributed by atoms with Crippen LogP contribution >= 0.6 is 0 Å². The third kappa shape index (κ3) is 6.87. The number of amides is 1. The molecule has 1 heterocycles. The SMILES string of the molecule is O=C(O)c1ccc(N(Cc2ccc(C3CCCCC3)cc2)C(=O)[C@H]2CCCCN2)cc1OCc1ccccc1. The van der Waals surface area contributed by atoms with Crippen molar-refractivity contribution in [2.75, 3.05) is 11.4 Å². The first-order chi connectivity index (χ1) is 19.1. The van der Waals surface area contributed by atoms with Gasteiger partial charge in [-0.1, -0.05) is 80.3 Å². The fraction of sp³-hybridized carbons (Fsp3) is 0.394. The van der Waals surface area contributed by atoms with Crippen molar-refractivity contribution in [3.8, 4) is 5.75 Å². The van der Waals surface area contributed by atoms with Crippen molar-refractivity contribution in [2.45, 2.75) is 76.5 Å². The predicted octanol–water partition coefficient (Wildman–Crippen LogP) is 6.69. The maximum absolute atomic E-state index is 13.8. The van der Waals surface area contributed by atoms with Gasteiger partial charge in [-0.25, -0.2) is 4.79 Å². The lowest BCUT2D eigenvalue weighted by Crippen LogP contribution is -2.48. The van der Waals surface area contributed by atoms with Crippen molar-refractivity contribution in [3.05, 3.63) is 95.1 Å². The van der Waals surface area contributed by atoms with Gasteiger partial charge in [0.1, 0.15) is 17.9 Å². The predicted molar refractivity (Wildman–Crippen MR) is 153 cm³/mol. The zero-order chi connectivity index (χ0) is 27.0. The highest BCUT2D eigenvalue weighted by Crippen LogP contribution is 2.33. The number of carboxylic acid groups (broad SMARTS) is 1. The number of nitrogens with zero attached hydrogens (tertiary/aromatic N) is 1. The van der Waals surface area contributed by atoms with Crippen LogP contribution in [0.1, 0.15) is 84.3 Å². The van der Waals surface area contributed by atoms with Crippen LogP contribution in [0, 0.1) is 0 Å². The molecule has 3 aromatic carbocycles. The number of carboxylic acids is 1. The third-order valence-electron chi connectivity index (χ3n) is 8.02. The Morgan fingerprint density at radius 3 is 2.28 bits per heavy atom. The zero-order valence-electron chi connectivity index (χ0n) is 22.5. The molecule has 1 saturated heterocycles. The van der Waals surface area contributed by atoms with E-state index in [-0.39, 0.29) is 29.9 Å². The number of benzene rings is 3. The van der Waals surface area contributed by atoms with Gasteiger partial charge < -0.3 is 20.1 Å². The molecule has 1 atom stereocenters. The second-order valence-electron chi connectivity index (χ2n) is 10.8. The summed E-state index contributed by atoms with van der Waals surface area (Å²) in [6.07, 6.45) is 9.29. The number of nitrogens with one attached hydrogen (secondary N) is 1. The van der Waals surface area contributed by atoms with Gasteiger partial charge in [-0.2, -0.15) is 0 Å². The first-order valence-electron chi connectivity index (χ1n) is 14.3. The summed E-state index contributed by atoms with van der Waals surface area (Å²) >= 11 is 0. The monoisotopic (exact) mass is 526 g/mol. The molecule has 1 amide bonds. The van der Waals surface area contributed by atoms with Gasteiger partial charge in [0, 0.05) is 11.8 Å². The molecule has 0 bridgehead atoms. The molecular weight excluding hydrogens is 488 g/mol. The smallest absolute Gasteiger partial charge is 0.339 e. The van der Waals surface area contributed by atoms with E-state index in [0.29, 0.717) is 18.2 Å². The molecule has 1 aliphatic carbocycles. The summed E-state index contributed by atoms with van der Waals surface area (Å²) in [5, 5.41) is 13.2. The molecule has 2 N–H and O–H groups in total. The summed E-state index contributed by atoms with van der Waals surface area (Å²) in [7, 11) is 0. The number of piperidine rings is 1. The Morgan fingerprint density at radius 1 is 0.846 bits per heavy atom. The first kappa shape index (κ1) is 26.9. The molecule has 0 spiro atoms. The number of ether oxygens (including phenoxy) is 1. The van der Waals surface area contributed by atoms with Gasteiger partial charge in [0.2, 0.25) is 5.91 Å². The molecule has 0 aromatic heterocycles. The number of hydrogen-bond donors (Lipinski definition) is 2. The molecule has 0 unspecified atom stereocenters. The fourth-order valence-electron chi connectivity index (χ4n) is 5.77. The molecule has 2 aliphatic rings. The largest absolute Gasteiger partial charge is 0.488 e. The maximum atomic E-state index is 13.8. The minimum Gasteiger partial charge on any atom is -0.488 e. The van der Waals surface area contributed by atoms with E-state index < -0.39 is 5.97 Å². The summed E-state index contributed by atoms with van der Waals surface area (Å²) < 4.78 is 6.00. The molecular formula is C33H38N2O4. The summed E-state index contributed by atoms with van der Waals surface area (Å²) in [5.74, 6) is -0.173. The van der Waals surface area contributed by atoms with Crippen molar-refractivity contribution >= 4 is 17.6 Å². The average molecular weight is 527 g/mol. The molecule has 1 saturated carbocycles. The Bertz CT molecular complexity index is 1250. The second kappa shape index (κ2) is 12.9. The minimum atomic E-state index is -1.06. The van der Waals surface area contributed by atoms with E-state index in [2.05, 4.69) is 29.6 Å². The number of hydrogen-bond acceptors (Lipinski definition) is 4. The molecule has 3 aromatic rings. The molecule has 5 rings (SSSR count). The Morgan fingerprint density at radius 2 is 1.59 bits per heavy atom. The molecule has 2 fully saturated rings. The van der Waals surface area contributed by atoms with E-state index in [1.54, 1.807) is 23.1 Å². The number of anilines is 1. The van der Waals surface area contributed by atoms with Crippen LogP contribution in [0.15, 0.2) is 72.8 Å². The highest BCUT2D eigenvalue weighted by atomic mass is 16.5. The van der Waals surface area contributed by atoms with E-state index in [1.165, 1.54) is 37.7 Å². The summed E-state index contributed by atoms with van der Waals surface area (Å²) in [6, 6.07) is 23.0. The highest BCUT2D eigenvalue weighted by Gasteiger charge is 2.28. The standard InChI is InChI=1S/C33H38N2O4/c36-32(30-13-7-8-20-34-30)35(22-24-14-16-27(17-15-24)26-11-5-2-6-12-26)28-18-19-29(33(37)38)31(21-28)39-23-25-9-3-1-4-10-25/h1,3-4,9-10,14-19,21,26,30,34H,2,5-8,11-13,20,22-23H2,(H,37,38)/t30-/m1/s1. The molecule has 1 aliphatic heterocycles. The van der Waals surface area contributed by atoms with Crippen LogP contribution in [0.25, 0.3) is 0 Å². The van der Waals surface area contributed by atoms with Gasteiger partial charge in [0.15, 0.2) is 0 Å². The summed E-state index contributed by atoms with van der Waals surface area (Å²) in [5.41, 5.74) is 4.09. The molecule has 6 heteroatoms. The quantitative estimate of drug-likeness (QED) is 0.325. The van der Waals surface area contributed by atoms with Gasteiger partial charge in [-0.05, 0) is 67.0 Å². The molecule has 0 radical (unpaired) electrons. The fourth-order valence-corrected chi connectivity index (χ4v) is 5.77. The van der Waals surface area contributed by atoms with E-state index in [4.69, 9.17) is 4.74 Å². The van der Waals surface area contributed by atoms with Crippen LogP contribution in [-0.4, -0.2) is 29.6 Å². The summed E-state index contributed by atoms with van der Waals surface area (Å²) in [6.45, 7) is 1.47. The van der Waals surface area contributed by atoms with Gasteiger partial charge in [0.05, 0.1) is 12.6 Å². The van der Waals surface area contributed by atoms with Gasteiger partial charge >= 0.3 is 5.97 Å². The lowest BCUT2D eigenvalue weighted by atomic mass is 9.84. The van der Waals surface area contributed by atoms with E-state index in [9.17, 15) is 14.7 Å². The van der Waals surface area contributed by atoms with Gasteiger partial charge in [-0.3, -0.25) is 4.79 Å². The van der Waals surface area contributed by atoms with Crippen LogP contribution in [0.5, 0.6) is 5.75 Å². The van der Waals surface area contributed by atoms with E-state index >= 15 is 0 Å². The van der Waals surface area contributed by atoms with Crippen molar-refractivity contribution in [2.24, 2.45) is 0 Å². The number of carbonyl (C=O) groups excluding carboxylic acids is 1. The van der Waals surface area contributed by atoms with E-state index in [0.717, 1.165) is 36.9 Å². The van der Waals surface area contributed by atoms with Gasteiger partial charge in [0.25, 0.3) is 0 Å². The Kier molecular flexibility index (Phi) is 8.94. The van der Waals surface area contributed by atoms with Crippen LogP contribution in [-0.2, 0) is 17.9 Å². The lowest BCUT2D eigenvalue weighted by molar-refractivity contribution is -0.121. The van der Waals surface area contributed by atoms with Crippen LogP contribution in [0.4, 0.5) is 5.69 Å². The highest BCUT2D eigenvalue weighted by molar-refractivity contribution is 5.98. The van der Waals surface area contributed by atoms with E-state index in [1.807, 2.05) is 30.3 Å². The van der Waals surface area contributed by atoms with Crippen molar-refractivity contribution < 1.29 is 19.4 Å². The van der Waals surface area contributed by atoms with Crippen LogP contribution < -0.4 is 15.0 Å². The second-order valence-corrected chi connectivity index (χ2v) is 10.8. The number of rotatable bonds is 9. The Balaban J connectivity index is 1.42. The van der Waals surface area contributed by atoms with Gasteiger partial charge in [-0.15, -0.1) is 0 Å². The van der Waals surface area contributed by atoms with Crippen LogP contribution in [0.2, 0.25) is 0 Å². The number of aromatic carboxylic acids is 1. The Labute approximate surface area is 231 Å². The topological polar surface area (TPSA) is 78.9 Å². The number of carbonyl (C=O) groups is 2. The Hall–Kier alpha value is -3.64. The molecule has 204 valence electrons. The normalized spacial score (nSPS) is 17.9. The molecule has 6 nitrogen and oxygen atoms in total. The lowest BCUT2D eigenvalue weighted by Gasteiger charge is -2.31. The first-order valence-corrected chi connectivity index (χ1v) is 14.3. The maximum Gasteiger partial charge on any atom is 0.339 e. The van der Waals surface area contributed by atoms with Crippen molar-refractivity contribution in [3.63, 3.8) is 0 Å². The zero-order valence-corrected chi connectivity index (χ0v) is 22.5. The minimum absolute atomic E-state index is 0.00291. The third-order valence-corrected chi connectivity index (χ3v) is 8.02.